The van der Waals surface area contributed by atoms with E-state index in [9.17, 15) is 9.59 Å². The van der Waals surface area contributed by atoms with E-state index in [-0.39, 0.29) is 23.6 Å². The van der Waals surface area contributed by atoms with Crippen LogP contribution >= 0.6 is 23.1 Å². The lowest BCUT2D eigenvalue weighted by molar-refractivity contribution is -0.131. The van der Waals surface area contributed by atoms with Gasteiger partial charge in [-0.15, -0.1) is 11.3 Å². The molecule has 5 nitrogen and oxygen atoms in total. The van der Waals surface area contributed by atoms with E-state index >= 15 is 0 Å². The first-order valence-electron chi connectivity index (χ1n) is 9.63. The number of thioether (sulfide) groups is 1. The van der Waals surface area contributed by atoms with Crippen molar-refractivity contribution in [3.8, 4) is 0 Å². The SMILES string of the molecule is CCCCn1c(SCC(=O)N(C(C)C)C(C)C)nc2sc(C)c(C)c2c1=O. The third kappa shape index (κ3) is 4.74. The van der Waals surface area contributed by atoms with Gasteiger partial charge in [0.1, 0.15) is 4.83 Å². The molecule has 0 atom stereocenters. The van der Waals surface area contributed by atoms with Crippen molar-refractivity contribution in [2.45, 2.75) is 85.1 Å². The zero-order chi connectivity index (χ0) is 20.3. The summed E-state index contributed by atoms with van der Waals surface area (Å²) in [4.78, 5) is 34.4. The second kappa shape index (κ2) is 9.24. The Morgan fingerprint density at radius 1 is 1.22 bits per heavy atom. The molecule has 2 aromatic rings. The Labute approximate surface area is 170 Å². The molecule has 0 aromatic carbocycles. The van der Waals surface area contributed by atoms with Gasteiger partial charge in [0.15, 0.2) is 5.16 Å². The van der Waals surface area contributed by atoms with E-state index in [1.54, 1.807) is 15.9 Å². The van der Waals surface area contributed by atoms with Crippen LogP contribution in [0.25, 0.3) is 10.2 Å². The van der Waals surface area contributed by atoms with Crippen LogP contribution in [-0.2, 0) is 11.3 Å². The van der Waals surface area contributed by atoms with Gasteiger partial charge in [0, 0.05) is 23.5 Å². The molecule has 2 rings (SSSR count). The number of aryl methyl sites for hydroxylation is 2. The van der Waals surface area contributed by atoms with Gasteiger partial charge >= 0.3 is 0 Å². The molecule has 2 aromatic heterocycles. The van der Waals surface area contributed by atoms with Crippen molar-refractivity contribution in [2.75, 3.05) is 5.75 Å². The fraction of sp³-hybridized carbons (Fsp3) is 0.650. The Bertz CT molecular complexity index is 860. The molecular weight excluding hydrogens is 378 g/mol. The summed E-state index contributed by atoms with van der Waals surface area (Å²) >= 11 is 2.94. The van der Waals surface area contributed by atoms with Crippen molar-refractivity contribution in [1.82, 2.24) is 14.5 Å². The Morgan fingerprint density at radius 2 is 1.85 bits per heavy atom. The van der Waals surface area contributed by atoms with Crippen molar-refractivity contribution in [3.63, 3.8) is 0 Å². The molecular formula is C20H31N3O2S2. The van der Waals surface area contributed by atoms with Gasteiger partial charge in [0.05, 0.1) is 11.1 Å². The quantitative estimate of drug-likeness (QED) is 0.472. The molecule has 7 heteroatoms. The molecule has 0 fully saturated rings. The molecule has 0 unspecified atom stereocenters. The molecule has 0 aliphatic rings. The predicted molar refractivity (Wildman–Crippen MR) is 116 cm³/mol. The van der Waals surface area contributed by atoms with Crippen molar-refractivity contribution >= 4 is 39.2 Å². The standard InChI is InChI=1S/C20H31N3O2S2/c1-8-9-10-22-19(25)17-14(6)15(7)27-18(17)21-20(22)26-11-16(24)23(12(2)3)13(4)5/h12-13H,8-11H2,1-7H3. The molecule has 0 spiro atoms. The van der Waals surface area contributed by atoms with Crippen LogP contribution in [0.5, 0.6) is 0 Å². The van der Waals surface area contributed by atoms with Crippen molar-refractivity contribution < 1.29 is 4.79 Å². The number of rotatable bonds is 8. The second-order valence-corrected chi connectivity index (χ2v) is 9.59. The average Bonchev–Trinajstić information content (AvgIpc) is 2.86. The number of carbonyl (C=O) groups is 1. The summed E-state index contributed by atoms with van der Waals surface area (Å²) in [5, 5.41) is 1.39. The van der Waals surface area contributed by atoms with Gasteiger partial charge in [-0.25, -0.2) is 4.98 Å². The summed E-state index contributed by atoms with van der Waals surface area (Å²) < 4.78 is 1.76. The van der Waals surface area contributed by atoms with E-state index in [0.29, 0.717) is 17.5 Å². The molecule has 150 valence electrons. The third-order valence-corrected chi connectivity index (χ3v) is 6.78. The van der Waals surface area contributed by atoms with E-state index in [1.807, 2.05) is 46.4 Å². The molecule has 0 saturated carbocycles. The monoisotopic (exact) mass is 409 g/mol. The number of thiophene rings is 1. The number of nitrogens with zero attached hydrogens (tertiary/aromatic N) is 3. The van der Waals surface area contributed by atoms with Gasteiger partial charge in [-0.05, 0) is 53.5 Å². The number of aromatic nitrogens is 2. The molecule has 0 radical (unpaired) electrons. The van der Waals surface area contributed by atoms with Gasteiger partial charge < -0.3 is 4.90 Å². The highest BCUT2D eigenvalue weighted by atomic mass is 32.2. The number of amides is 1. The Hall–Kier alpha value is -1.34. The Kier molecular flexibility index (Phi) is 7.51. The van der Waals surface area contributed by atoms with E-state index in [2.05, 4.69) is 6.92 Å². The molecule has 0 N–H and O–H groups in total. The van der Waals surface area contributed by atoms with Crippen LogP contribution in [0.1, 0.15) is 57.9 Å². The molecule has 27 heavy (non-hydrogen) atoms. The fourth-order valence-electron chi connectivity index (χ4n) is 3.31. The van der Waals surface area contributed by atoms with Gasteiger partial charge in [-0.3, -0.25) is 14.2 Å². The van der Waals surface area contributed by atoms with Crippen LogP contribution in [0.3, 0.4) is 0 Å². The Balaban J connectivity index is 2.39. The zero-order valence-corrected chi connectivity index (χ0v) is 19.1. The van der Waals surface area contributed by atoms with E-state index < -0.39 is 0 Å². The van der Waals surface area contributed by atoms with Gasteiger partial charge in [-0.2, -0.15) is 0 Å². The maximum Gasteiger partial charge on any atom is 0.263 e. The van der Waals surface area contributed by atoms with Crippen LogP contribution in [0.2, 0.25) is 0 Å². The van der Waals surface area contributed by atoms with E-state index in [1.165, 1.54) is 11.8 Å². The van der Waals surface area contributed by atoms with E-state index in [4.69, 9.17) is 4.98 Å². The topological polar surface area (TPSA) is 55.2 Å². The van der Waals surface area contributed by atoms with Crippen molar-refractivity contribution in [2.24, 2.45) is 0 Å². The molecule has 0 aliphatic heterocycles. The predicted octanol–water partition coefficient (Wildman–Crippen LogP) is 4.61. The lowest BCUT2D eigenvalue weighted by Gasteiger charge is -2.30. The van der Waals surface area contributed by atoms with Gasteiger partial charge in [-0.1, -0.05) is 25.1 Å². The van der Waals surface area contributed by atoms with Crippen LogP contribution in [0, 0.1) is 13.8 Å². The maximum atomic E-state index is 13.1. The number of unbranched alkanes of at least 4 members (excludes halogenated alkanes) is 1. The maximum absolute atomic E-state index is 13.1. The summed E-state index contributed by atoms with van der Waals surface area (Å²) in [6, 6.07) is 0.303. The highest BCUT2D eigenvalue weighted by Crippen LogP contribution is 2.28. The van der Waals surface area contributed by atoms with Crippen LogP contribution in [0.4, 0.5) is 0 Å². The molecule has 1 amide bonds. The minimum absolute atomic E-state index is 0.0230. The normalized spacial score (nSPS) is 11.7. The van der Waals surface area contributed by atoms with Crippen molar-refractivity contribution in [1.29, 1.82) is 0 Å². The molecule has 0 saturated heterocycles. The summed E-state index contributed by atoms with van der Waals surface area (Å²) in [5.41, 5.74) is 1.05. The first kappa shape index (κ1) is 22.0. The van der Waals surface area contributed by atoms with Crippen LogP contribution in [0.15, 0.2) is 9.95 Å². The number of carbonyl (C=O) groups excluding carboxylic acids is 1. The minimum Gasteiger partial charge on any atom is -0.337 e. The molecule has 0 aliphatic carbocycles. The summed E-state index contributed by atoms with van der Waals surface area (Å²) in [6.07, 6.45) is 1.92. The van der Waals surface area contributed by atoms with Crippen LogP contribution < -0.4 is 5.56 Å². The average molecular weight is 410 g/mol. The molecule has 2 heterocycles. The number of hydrogen-bond acceptors (Lipinski definition) is 5. The first-order chi connectivity index (χ1) is 12.7. The smallest absolute Gasteiger partial charge is 0.263 e. The minimum atomic E-state index is 0.0230. The second-order valence-electron chi connectivity index (χ2n) is 7.45. The van der Waals surface area contributed by atoms with Crippen molar-refractivity contribution in [3.05, 3.63) is 20.8 Å². The number of hydrogen-bond donors (Lipinski definition) is 0. The third-order valence-electron chi connectivity index (χ3n) is 4.71. The van der Waals surface area contributed by atoms with Crippen LogP contribution in [-0.4, -0.2) is 38.2 Å². The summed E-state index contributed by atoms with van der Waals surface area (Å²) in [7, 11) is 0. The highest BCUT2D eigenvalue weighted by Gasteiger charge is 2.22. The number of fused-ring (bicyclic) bond motifs is 1. The Morgan fingerprint density at radius 3 is 2.41 bits per heavy atom. The molecule has 0 bridgehead atoms. The van der Waals surface area contributed by atoms with Gasteiger partial charge in [0.25, 0.3) is 5.56 Å². The fourth-order valence-corrected chi connectivity index (χ4v) is 5.27. The largest absolute Gasteiger partial charge is 0.337 e. The first-order valence-corrected chi connectivity index (χ1v) is 11.4. The zero-order valence-electron chi connectivity index (χ0n) is 17.5. The van der Waals surface area contributed by atoms with E-state index in [0.717, 1.165) is 33.5 Å². The highest BCUT2D eigenvalue weighted by molar-refractivity contribution is 7.99. The summed E-state index contributed by atoms with van der Waals surface area (Å²) in [6.45, 7) is 14.9. The van der Waals surface area contributed by atoms with Gasteiger partial charge in [0.2, 0.25) is 5.91 Å². The lowest BCUT2D eigenvalue weighted by atomic mass is 10.2. The summed E-state index contributed by atoms with van der Waals surface area (Å²) in [5.74, 6) is 0.379. The lowest BCUT2D eigenvalue weighted by Crippen LogP contribution is -2.43.